The zero-order valence-corrected chi connectivity index (χ0v) is 11.9. The van der Waals surface area contributed by atoms with Gasteiger partial charge in [-0.2, -0.15) is 0 Å². The molecule has 21 heavy (non-hydrogen) atoms. The van der Waals surface area contributed by atoms with Crippen LogP contribution in [0, 0.1) is 5.82 Å². The van der Waals surface area contributed by atoms with E-state index in [4.69, 9.17) is 0 Å². The van der Waals surface area contributed by atoms with Gasteiger partial charge in [0.2, 0.25) is 0 Å². The predicted octanol–water partition coefficient (Wildman–Crippen LogP) is 2.25. The number of halogens is 1. The van der Waals surface area contributed by atoms with E-state index < -0.39 is 0 Å². The maximum absolute atomic E-state index is 13.0. The number of aromatic amines is 1. The van der Waals surface area contributed by atoms with Gasteiger partial charge < -0.3 is 15.2 Å². The van der Waals surface area contributed by atoms with Crippen LogP contribution in [0.25, 0.3) is 11.1 Å². The molecule has 4 nitrogen and oxygen atoms in total. The Morgan fingerprint density at radius 2 is 2.05 bits per heavy atom. The number of aromatic nitrogens is 1. The molecule has 1 saturated heterocycles. The number of nitrogens with zero attached hydrogens (tertiary/aromatic N) is 1. The van der Waals surface area contributed by atoms with Crippen LogP contribution in [-0.4, -0.2) is 41.5 Å². The normalized spacial score (nSPS) is 18.8. The Morgan fingerprint density at radius 3 is 2.76 bits per heavy atom. The number of hydrogen-bond donors (Lipinski definition) is 2. The van der Waals surface area contributed by atoms with Gasteiger partial charge in [0, 0.05) is 43.6 Å². The first-order chi connectivity index (χ1) is 10.1. The lowest BCUT2D eigenvalue weighted by molar-refractivity contribution is 0.0710. The minimum atomic E-state index is -0.280. The molecule has 1 amide bonds. The van der Waals surface area contributed by atoms with E-state index in [2.05, 4.69) is 17.2 Å². The van der Waals surface area contributed by atoms with Gasteiger partial charge in [-0.3, -0.25) is 4.79 Å². The average molecular weight is 287 g/mol. The third-order valence-electron chi connectivity index (χ3n) is 3.79. The zero-order valence-electron chi connectivity index (χ0n) is 11.9. The molecule has 1 aliphatic rings. The van der Waals surface area contributed by atoms with Gasteiger partial charge in [-0.05, 0) is 24.6 Å². The van der Waals surface area contributed by atoms with Crippen molar-refractivity contribution < 1.29 is 9.18 Å². The van der Waals surface area contributed by atoms with Crippen molar-refractivity contribution in [1.82, 2.24) is 15.2 Å². The molecule has 2 heterocycles. The summed E-state index contributed by atoms with van der Waals surface area (Å²) in [7, 11) is 0. The molecule has 0 radical (unpaired) electrons. The Balaban J connectivity index is 1.88. The van der Waals surface area contributed by atoms with Crippen LogP contribution in [0.3, 0.4) is 0 Å². The highest BCUT2D eigenvalue weighted by atomic mass is 19.1. The predicted molar refractivity (Wildman–Crippen MR) is 79.6 cm³/mol. The first-order valence-corrected chi connectivity index (χ1v) is 7.10. The average Bonchev–Trinajstić information content (AvgIpc) is 2.96. The number of H-pyrrole nitrogens is 1. The van der Waals surface area contributed by atoms with Crippen LogP contribution in [0.5, 0.6) is 0 Å². The maximum Gasteiger partial charge on any atom is 0.256 e. The van der Waals surface area contributed by atoms with Crippen LogP contribution in [-0.2, 0) is 0 Å². The van der Waals surface area contributed by atoms with Crippen molar-refractivity contribution in [3.05, 3.63) is 48.0 Å². The molecule has 0 bridgehead atoms. The monoisotopic (exact) mass is 287 g/mol. The highest BCUT2D eigenvalue weighted by Gasteiger charge is 2.24. The van der Waals surface area contributed by atoms with Gasteiger partial charge in [0.1, 0.15) is 5.82 Å². The summed E-state index contributed by atoms with van der Waals surface area (Å²) in [4.78, 5) is 17.5. The van der Waals surface area contributed by atoms with Crippen molar-refractivity contribution in [3.63, 3.8) is 0 Å². The first-order valence-electron chi connectivity index (χ1n) is 7.10. The fourth-order valence-electron chi connectivity index (χ4n) is 2.70. The molecule has 0 spiro atoms. The molecular weight excluding hydrogens is 269 g/mol. The first kappa shape index (κ1) is 13.8. The van der Waals surface area contributed by atoms with Gasteiger partial charge in [0.05, 0.1) is 5.56 Å². The number of piperazine rings is 1. The Hall–Kier alpha value is -2.14. The molecule has 1 aliphatic heterocycles. The van der Waals surface area contributed by atoms with Gasteiger partial charge in [-0.1, -0.05) is 12.1 Å². The number of hydrogen-bond acceptors (Lipinski definition) is 2. The second-order valence-electron chi connectivity index (χ2n) is 5.40. The molecule has 1 fully saturated rings. The number of benzene rings is 1. The molecule has 0 aliphatic carbocycles. The number of amides is 1. The van der Waals surface area contributed by atoms with E-state index in [9.17, 15) is 9.18 Å². The summed E-state index contributed by atoms with van der Waals surface area (Å²) >= 11 is 0. The van der Waals surface area contributed by atoms with Crippen LogP contribution in [0.1, 0.15) is 17.3 Å². The Labute approximate surface area is 123 Å². The van der Waals surface area contributed by atoms with Crippen LogP contribution >= 0.6 is 0 Å². The molecule has 2 aromatic rings. The van der Waals surface area contributed by atoms with E-state index in [0.717, 1.165) is 17.7 Å². The smallest absolute Gasteiger partial charge is 0.256 e. The SMILES string of the molecule is CC1CN(C(=O)c2c[nH]cc2-c2ccc(F)cc2)CCN1. The van der Waals surface area contributed by atoms with E-state index in [0.29, 0.717) is 24.7 Å². The minimum Gasteiger partial charge on any atom is -0.366 e. The zero-order chi connectivity index (χ0) is 14.8. The molecule has 2 N–H and O–H groups in total. The van der Waals surface area contributed by atoms with Crippen LogP contribution in [0.15, 0.2) is 36.7 Å². The number of carbonyl (C=O) groups is 1. The fraction of sp³-hybridized carbons (Fsp3) is 0.312. The van der Waals surface area contributed by atoms with E-state index in [-0.39, 0.29) is 11.7 Å². The van der Waals surface area contributed by atoms with Crippen molar-refractivity contribution in [1.29, 1.82) is 0 Å². The summed E-state index contributed by atoms with van der Waals surface area (Å²) < 4.78 is 13.0. The summed E-state index contributed by atoms with van der Waals surface area (Å²) in [6, 6.07) is 6.49. The quantitative estimate of drug-likeness (QED) is 0.890. The van der Waals surface area contributed by atoms with Crippen molar-refractivity contribution in [2.45, 2.75) is 13.0 Å². The number of nitrogens with one attached hydrogen (secondary N) is 2. The third-order valence-corrected chi connectivity index (χ3v) is 3.79. The maximum atomic E-state index is 13.0. The van der Waals surface area contributed by atoms with Gasteiger partial charge in [-0.25, -0.2) is 4.39 Å². The topological polar surface area (TPSA) is 48.1 Å². The molecular formula is C16H18FN3O. The molecule has 1 unspecified atom stereocenters. The summed E-state index contributed by atoms with van der Waals surface area (Å²) in [6.45, 7) is 4.28. The standard InChI is InChI=1S/C16H18FN3O/c1-11-10-20(7-6-19-11)16(21)15-9-18-8-14(15)12-2-4-13(17)5-3-12/h2-5,8-9,11,18-19H,6-7,10H2,1H3. The molecule has 1 aromatic heterocycles. The number of carbonyl (C=O) groups excluding carboxylic acids is 1. The van der Waals surface area contributed by atoms with Crippen molar-refractivity contribution >= 4 is 5.91 Å². The van der Waals surface area contributed by atoms with E-state index in [1.165, 1.54) is 12.1 Å². The lowest BCUT2D eigenvalue weighted by Gasteiger charge is -2.32. The lowest BCUT2D eigenvalue weighted by atomic mass is 10.0. The summed E-state index contributed by atoms with van der Waals surface area (Å²) in [5, 5.41) is 3.32. The van der Waals surface area contributed by atoms with Crippen LogP contribution < -0.4 is 5.32 Å². The Bertz CT molecular complexity index is 635. The van der Waals surface area contributed by atoms with Gasteiger partial charge >= 0.3 is 0 Å². The molecule has 5 heteroatoms. The van der Waals surface area contributed by atoms with E-state index in [1.807, 2.05) is 4.90 Å². The van der Waals surface area contributed by atoms with Gasteiger partial charge in [0.25, 0.3) is 5.91 Å². The van der Waals surface area contributed by atoms with Gasteiger partial charge in [0.15, 0.2) is 0 Å². The molecule has 3 rings (SSSR count). The summed E-state index contributed by atoms with van der Waals surface area (Å²) in [5.74, 6) is -0.262. The Morgan fingerprint density at radius 1 is 1.29 bits per heavy atom. The van der Waals surface area contributed by atoms with Crippen molar-refractivity contribution in [2.75, 3.05) is 19.6 Å². The van der Waals surface area contributed by atoms with Crippen LogP contribution in [0.4, 0.5) is 4.39 Å². The van der Waals surface area contributed by atoms with Gasteiger partial charge in [-0.15, -0.1) is 0 Å². The third kappa shape index (κ3) is 2.83. The summed E-state index contributed by atoms with van der Waals surface area (Å²) in [5.41, 5.74) is 2.28. The Kier molecular flexibility index (Phi) is 3.75. The lowest BCUT2D eigenvalue weighted by Crippen LogP contribution is -2.51. The number of rotatable bonds is 2. The fourth-order valence-corrected chi connectivity index (χ4v) is 2.70. The summed E-state index contributed by atoms with van der Waals surface area (Å²) in [6.07, 6.45) is 3.50. The van der Waals surface area contributed by atoms with E-state index in [1.54, 1.807) is 24.5 Å². The second kappa shape index (κ2) is 5.69. The highest BCUT2D eigenvalue weighted by Crippen LogP contribution is 2.25. The molecule has 110 valence electrons. The molecule has 1 aromatic carbocycles. The van der Waals surface area contributed by atoms with Crippen molar-refractivity contribution in [2.24, 2.45) is 0 Å². The van der Waals surface area contributed by atoms with E-state index >= 15 is 0 Å². The second-order valence-corrected chi connectivity index (χ2v) is 5.40. The largest absolute Gasteiger partial charge is 0.366 e. The van der Waals surface area contributed by atoms with Crippen LogP contribution in [0.2, 0.25) is 0 Å². The van der Waals surface area contributed by atoms with Crippen molar-refractivity contribution in [3.8, 4) is 11.1 Å². The molecule has 0 saturated carbocycles. The minimum absolute atomic E-state index is 0.0175. The highest BCUT2D eigenvalue weighted by molar-refractivity contribution is 6.00. The molecule has 1 atom stereocenters.